The van der Waals surface area contributed by atoms with Crippen molar-refractivity contribution in [1.29, 1.82) is 0 Å². The lowest BCUT2D eigenvalue weighted by Gasteiger charge is -2.09. The normalized spacial score (nSPS) is 10.2. The van der Waals surface area contributed by atoms with Crippen molar-refractivity contribution in [3.05, 3.63) is 57.8 Å². The second-order valence-corrected chi connectivity index (χ2v) is 5.36. The Kier molecular flexibility index (Phi) is 6.00. The predicted octanol–water partition coefficient (Wildman–Crippen LogP) is 3.94. The number of carbonyl (C=O) groups is 2. The van der Waals surface area contributed by atoms with Gasteiger partial charge in [-0.15, -0.1) is 0 Å². The van der Waals surface area contributed by atoms with Gasteiger partial charge in [0.1, 0.15) is 0 Å². The highest BCUT2D eigenvalue weighted by molar-refractivity contribution is 6.44. The topological polar surface area (TPSA) is 64.6 Å². The number of benzene rings is 2. The van der Waals surface area contributed by atoms with E-state index in [1.807, 2.05) is 0 Å². The molecule has 0 aliphatic heterocycles. The smallest absolute Gasteiger partial charge is 0.338 e. The van der Waals surface area contributed by atoms with Crippen LogP contribution in [-0.4, -0.2) is 25.6 Å². The van der Waals surface area contributed by atoms with Crippen molar-refractivity contribution in [2.75, 3.05) is 19.0 Å². The highest BCUT2D eigenvalue weighted by atomic mass is 35.5. The average Bonchev–Trinajstić information content (AvgIpc) is 2.56. The maximum Gasteiger partial charge on any atom is 0.338 e. The van der Waals surface area contributed by atoms with Crippen molar-refractivity contribution < 1.29 is 23.5 Å². The van der Waals surface area contributed by atoms with Gasteiger partial charge in [-0.2, -0.15) is 0 Å². The molecule has 0 saturated carbocycles. The highest BCUT2D eigenvalue weighted by Gasteiger charge is 2.14. The minimum atomic E-state index is -0.844. The summed E-state index contributed by atoms with van der Waals surface area (Å²) in [5, 5.41) is 2.92. The molecule has 0 aromatic heterocycles. The molecular weight excluding hydrogens is 360 g/mol. The van der Waals surface area contributed by atoms with Crippen molar-refractivity contribution in [3.8, 4) is 5.75 Å². The molecule has 1 amide bonds. The standard InChI is InChI=1S/C16H12Cl2FNO4/c1-23-13-6-5-9(7-11(13)19)16(22)24-8-14(21)20-12-4-2-3-10(17)15(12)18/h2-7H,8H2,1H3,(H,20,21). The fourth-order valence-corrected chi connectivity index (χ4v) is 2.14. The lowest BCUT2D eigenvalue weighted by Crippen LogP contribution is -2.21. The highest BCUT2D eigenvalue weighted by Crippen LogP contribution is 2.29. The van der Waals surface area contributed by atoms with Crippen LogP contribution in [0.25, 0.3) is 0 Å². The number of anilines is 1. The van der Waals surface area contributed by atoms with Gasteiger partial charge in [-0.05, 0) is 30.3 Å². The Bertz CT molecular complexity index is 783. The number of carbonyl (C=O) groups excluding carboxylic acids is 2. The van der Waals surface area contributed by atoms with Crippen LogP contribution in [0.5, 0.6) is 5.75 Å². The zero-order valence-electron chi connectivity index (χ0n) is 12.4. The number of hydrogen-bond acceptors (Lipinski definition) is 4. The summed E-state index contributed by atoms with van der Waals surface area (Å²) < 4.78 is 23.1. The number of nitrogens with one attached hydrogen (secondary N) is 1. The number of methoxy groups -OCH3 is 1. The molecule has 24 heavy (non-hydrogen) atoms. The van der Waals surface area contributed by atoms with Gasteiger partial charge >= 0.3 is 5.97 Å². The molecule has 0 aliphatic rings. The second-order valence-electron chi connectivity index (χ2n) is 4.58. The van der Waals surface area contributed by atoms with Gasteiger partial charge in [-0.3, -0.25) is 4.79 Å². The molecule has 2 aromatic rings. The molecule has 2 rings (SSSR count). The van der Waals surface area contributed by atoms with E-state index in [9.17, 15) is 14.0 Å². The van der Waals surface area contributed by atoms with E-state index in [2.05, 4.69) is 5.32 Å². The zero-order valence-corrected chi connectivity index (χ0v) is 13.9. The maximum atomic E-state index is 13.5. The Labute approximate surface area is 147 Å². The van der Waals surface area contributed by atoms with Crippen molar-refractivity contribution in [1.82, 2.24) is 0 Å². The maximum absolute atomic E-state index is 13.5. The summed E-state index contributed by atoms with van der Waals surface area (Å²) in [6.45, 7) is -0.560. The average molecular weight is 372 g/mol. The van der Waals surface area contributed by atoms with E-state index in [4.69, 9.17) is 32.7 Å². The van der Waals surface area contributed by atoms with E-state index in [1.165, 1.54) is 19.2 Å². The van der Waals surface area contributed by atoms with Gasteiger partial charge in [0, 0.05) is 0 Å². The molecule has 0 saturated heterocycles. The van der Waals surface area contributed by atoms with Crippen molar-refractivity contribution in [3.63, 3.8) is 0 Å². The Hall–Kier alpha value is -2.31. The SMILES string of the molecule is COc1ccc(C(=O)OCC(=O)Nc2cccc(Cl)c2Cl)cc1F. The third-order valence-corrected chi connectivity index (χ3v) is 3.77. The number of amides is 1. The Morgan fingerprint density at radius 1 is 1.21 bits per heavy atom. The lowest BCUT2D eigenvalue weighted by molar-refractivity contribution is -0.119. The van der Waals surface area contributed by atoms with Crippen LogP contribution in [0.1, 0.15) is 10.4 Å². The first-order valence-electron chi connectivity index (χ1n) is 6.67. The molecule has 1 N–H and O–H groups in total. The Morgan fingerprint density at radius 3 is 2.62 bits per heavy atom. The first-order chi connectivity index (χ1) is 11.4. The van der Waals surface area contributed by atoms with Crippen LogP contribution in [0.2, 0.25) is 10.0 Å². The van der Waals surface area contributed by atoms with E-state index in [0.29, 0.717) is 5.69 Å². The van der Waals surface area contributed by atoms with Crippen molar-refractivity contribution in [2.45, 2.75) is 0 Å². The molecule has 126 valence electrons. The second kappa shape index (κ2) is 7.99. The predicted molar refractivity (Wildman–Crippen MR) is 88.3 cm³/mol. The van der Waals surface area contributed by atoms with E-state index in [1.54, 1.807) is 18.2 Å². The lowest BCUT2D eigenvalue weighted by atomic mass is 10.2. The summed E-state index contributed by atoms with van der Waals surface area (Å²) in [4.78, 5) is 23.6. The summed E-state index contributed by atoms with van der Waals surface area (Å²) in [5.41, 5.74) is 0.252. The molecular formula is C16H12Cl2FNO4. The van der Waals surface area contributed by atoms with Crippen LogP contribution >= 0.6 is 23.2 Å². The molecule has 0 spiro atoms. The molecule has 2 aromatic carbocycles. The van der Waals surface area contributed by atoms with Gasteiger partial charge in [0.2, 0.25) is 0 Å². The van der Waals surface area contributed by atoms with Gasteiger partial charge in [0.05, 0.1) is 28.4 Å². The number of halogens is 3. The molecule has 0 fully saturated rings. The minimum absolute atomic E-state index is 0.000101. The number of hydrogen-bond donors (Lipinski definition) is 1. The summed E-state index contributed by atoms with van der Waals surface area (Å²) in [7, 11) is 1.31. The quantitative estimate of drug-likeness (QED) is 0.808. The van der Waals surface area contributed by atoms with Crippen molar-refractivity contribution >= 4 is 40.8 Å². The van der Waals surface area contributed by atoms with E-state index in [0.717, 1.165) is 6.07 Å². The fourth-order valence-electron chi connectivity index (χ4n) is 1.79. The third kappa shape index (κ3) is 4.37. The van der Waals surface area contributed by atoms with E-state index >= 15 is 0 Å². The van der Waals surface area contributed by atoms with E-state index in [-0.39, 0.29) is 21.4 Å². The van der Waals surface area contributed by atoms with Crippen LogP contribution in [0.4, 0.5) is 10.1 Å². The number of esters is 1. The number of rotatable bonds is 5. The molecule has 0 aliphatic carbocycles. The molecule has 8 heteroatoms. The molecule has 0 atom stereocenters. The molecule has 0 bridgehead atoms. The van der Waals surface area contributed by atoms with Gasteiger partial charge in [-0.25, -0.2) is 9.18 Å². The first kappa shape index (κ1) is 18.0. The first-order valence-corrected chi connectivity index (χ1v) is 7.42. The summed E-state index contributed by atoms with van der Waals surface area (Å²) in [6.07, 6.45) is 0. The van der Waals surface area contributed by atoms with Crippen LogP contribution in [0, 0.1) is 5.82 Å². The monoisotopic (exact) mass is 371 g/mol. The summed E-state index contributed by atoms with van der Waals surface area (Å²) in [6, 6.07) is 8.31. The summed E-state index contributed by atoms with van der Waals surface area (Å²) >= 11 is 11.8. The zero-order chi connectivity index (χ0) is 17.7. The Morgan fingerprint density at radius 2 is 1.96 bits per heavy atom. The number of ether oxygens (including phenoxy) is 2. The largest absolute Gasteiger partial charge is 0.494 e. The van der Waals surface area contributed by atoms with Crippen LogP contribution < -0.4 is 10.1 Å². The molecule has 0 heterocycles. The van der Waals surface area contributed by atoms with Gasteiger partial charge in [-0.1, -0.05) is 29.3 Å². The van der Waals surface area contributed by atoms with Gasteiger partial charge < -0.3 is 14.8 Å². The molecule has 0 unspecified atom stereocenters. The summed E-state index contributed by atoms with van der Waals surface area (Å²) in [5.74, 6) is -2.16. The van der Waals surface area contributed by atoms with Gasteiger partial charge in [0.25, 0.3) is 5.91 Å². The van der Waals surface area contributed by atoms with Crippen LogP contribution in [0.15, 0.2) is 36.4 Å². The Balaban J connectivity index is 1.95. The van der Waals surface area contributed by atoms with Gasteiger partial charge in [0.15, 0.2) is 18.2 Å². The molecule has 5 nitrogen and oxygen atoms in total. The van der Waals surface area contributed by atoms with Crippen LogP contribution in [0.3, 0.4) is 0 Å². The van der Waals surface area contributed by atoms with Crippen molar-refractivity contribution in [2.24, 2.45) is 0 Å². The third-order valence-electron chi connectivity index (χ3n) is 2.95. The fraction of sp³-hybridized carbons (Fsp3) is 0.125. The minimum Gasteiger partial charge on any atom is -0.494 e. The van der Waals surface area contributed by atoms with E-state index < -0.39 is 24.3 Å². The van der Waals surface area contributed by atoms with Crippen LogP contribution in [-0.2, 0) is 9.53 Å². The molecule has 0 radical (unpaired) electrons.